The highest BCUT2D eigenvalue weighted by molar-refractivity contribution is 7.97. The zero-order chi connectivity index (χ0) is 11.3. The van der Waals surface area contributed by atoms with Crippen molar-refractivity contribution in [3.63, 3.8) is 0 Å². The van der Waals surface area contributed by atoms with Gasteiger partial charge >= 0.3 is 0 Å². The zero-order valence-corrected chi connectivity index (χ0v) is 9.97. The topological polar surface area (TPSA) is 64.4 Å². The summed E-state index contributed by atoms with van der Waals surface area (Å²) < 4.78 is 4.08. The molecule has 0 saturated carbocycles. The number of aryl methyl sites for hydroxylation is 1. The average Bonchev–Trinajstić information content (AvgIpc) is 2.20. The van der Waals surface area contributed by atoms with Gasteiger partial charge in [0.15, 0.2) is 0 Å². The van der Waals surface area contributed by atoms with Crippen molar-refractivity contribution in [2.75, 3.05) is 0 Å². The normalized spacial score (nSPS) is 11.8. The van der Waals surface area contributed by atoms with E-state index in [2.05, 4.69) is 29.5 Å². The van der Waals surface area contributed by atoms with Crippen molar-refractivity contribution in [3.05, 3.63) is 34.9 Å². The standard InChI is InChI=1S/C11H17N3S/c1-8-3-4-10(5-11(8)6-12)7-15-14-9(2)13/h3-5H,6-7,12H2,1-2H3,(H2,13,14). The third kappa shape index (κ3) is 3.93. The minimum absolute atomic E-state index is 0.587. The van der Waals surface area contributed by atoms with Gasteiger partial charge in [0, 0.05) is 12.3 Å². The summed E-state index contributed by atoms with van der Waals surface area (Å²) in [5.41, 5.74) is 14.8. The predicted molar refractivity (Wildman–Crippen MR) is 67.7 cm³/mol. The fourth-order valence-electron chi connectivity index (χ4n) is 1.24. The Labute approximate surface area is 95.1 Å². The molecular formula is C11H17N3S. The summed E-state index contributed by atoms with van der Waals surface area (Å²) in [4.78, 5) is 0. The molecule has 15 heavy (non-hydrogen) atoms. The van der Waals surface area contributed by atoms with Gasteiger partial charge in [0.1, 0.15) is 5.84 Å². The maximum absolute atomic E-state index is 5.64. The van der Waals surface area contributed by atoms with Crippen molar-refractivity contribution in [1.29, 1.82) is 0 Å². The minimum Gasteiger partial charge on any atom is -0.387 e. The van der Waals surface area contributed by atoms with E-state index < -0.39 is 0 Å². The van der Waals surface area contributed by atoms with Gasteiger partial charge in [0.05, 0.1) is 0 Å². The van der Waals surface area contributed by atoms with Crippen LogP contribution in [0.15, 0.2) is 22.6 Å². The second-order valence-electron chi connectivity index (χ2n) is 3.47. The van der Waals surface area contributed by atoms with Gasteiger partial charge in [-0.25, -0.2) is 4.40 Å². The van der Waals surface area contributed by atoms with E-state index >= 15 is 0 Å². The third-order valence-electron chi connectivity index (χ3n) is 2.07. The van der Waals surface area contributed by atoms with Crippen molar-refractivity contribution in [1.82, 2.24) is 0 Å². The van der Waals surface area contributed by atoms with Crippen LogP contribution in [0, 0.1) is 6.92 Å². The molecule has 0 aliphatic heterocycles. The van der Waals surface area contributed by atoms with E-state index in [4.69, 9.17) is 11.5 Å². The van der Waals surface area contributed by atoms with Gasteiger partial charge in [-0.2, -0.15) is 0 Å². The molecule has 3 nitrogen and oxygen atoms in total. The molecule has 1 rings (SSSR count). The monoisotopic (exact) mass is 223 g/mol. The first-order chi connectivity index (χ1) is 7.13. The summed E-state index contributed by atoms with van der Waals surface area (Å²) >= 11 is 1.46. The summed E-state index contributed by atoms with van der Waals surface area (Å²) in [6.45, 7) is 4.44. The molecule has 0 fully saturated rings. The Morgan fingerprint density at radius 3 is 2.80 bits per heavy atom. The summed E-state index contributed by atoms with van der Waals surface area (Å²) in [5, 5.41) is 0. The van der Waals surface area contributed by atoms with Gasteiger partial charge in [0.25, 0.3) is 0 Å². The molecule has 1 aromatic carbocycles. The van der Waals surface area contributed by atoms with Crippen LogP contribution in [-0.2, 0) is 12.3 Å². The van der Waals surface area contributed by atoms with Gasteiger partial charge in [-0.05, 0) is 42.5 Å². The van der Waals surface area contributed by atoms with E-state index in [0.717, 1.165) is 5.75 Å². The highest BCUT2D eigenvalue weighted by Gasteiger charge is 1.98. The number of benzene rings is 1. The maximum Gasteiger partial charge on any atom is 0.104 e. The van der Waals surface area contributed by atoms with Gasteiger partial charge in [-0.3, -0.25) is 0 Å². The summed E-state index contributed by atoms with van der Waals surface area (Å²) in [6.07, 6.45) is 0. The second-order valence-corrected chi connectivity index (χ2v) is 4.20. The first kappa shape index (κ1) is 12.1. The quantitative estimate of drug-likeness (QED) is 0.466. The average molecular weight is 223 g/mol. The summed E-state index contributed by atoms with van der Waals surface area (Å²) in [7, 11) is 0. The maximum atomic E-state index is 5.64. The van der Waals surface area contributed by atoms with Crippen molar-refractivity contribution in [2.45, 2.75) is 26.1 Å². The van der Waals surface area contributed by atoms with Gasteiger partial charge < -0.3 is 11.5 Å². The van der Waals surface area contributed by atoms with Gasteiger partial charge in [-0.1, -0.05) is 18.2 Å². The van der Waals surface area contributed by atoms with Crippen molar-refractivity contribution in [3.8, 4) is 0 Å². The molecule has 4 heteroatoms. The Balaban J connectivity index is 2.66. The SMILES string of the molecule is C/C(N)=N/SCc1ccc(C)c(CN)c1. The number of rotatable bonds is 4. The molecule has 0 bridgehead atoms. The molecule has 0 heterocycles. The predicted octanol–water partition coefficient (Wildman–Crippen LogP) is 1.98. The number of hydrogen-bond donors (Lipinski definition) is 2. The lowest BCUT2D eigenvalue weighted by atomic mass is 10.1. The smallest absolute Gasteiger partial charge is 0.104 e. The lowest BCUT2D eigenvalue weighted by Gasteiger charge is -2.05. The molecular weight excluding hydrogens is 206 g/mol. The highest BCUT2D eigenvalue weighted by Crippen LogP contribution is 2.16. The molecule has 0 aliphatic carbocycles. The van der Waals surface area contributed by atoms with Crippen LogP contribution in [0.3, 0.4) is 0 Å². The molecule has 0 aromatic heterocycles. The zero-order valence-electron chi connectivity index (χ0n) is 9.16. The summed E-state index contributed by atoms with van der Waals surface area (Å²) in [5.74, 6) is 1.44. The third-order valence-corrected chi connectivity index (χ3v) is 2.95. The fourth-order valence-corrected chi connectivity index (χ4v) is 1.84. The summed E-state index contributed by atoms with van der Waals surface area (Å²) in [6, 6.07) is 6.32. The molecule has 1 aromatic rings. The lowest BCUT2D eigenvalue weighted by molar-refractivity contribution is 1.04. The first-order valence-electron chi connectivity index (χ1n) is 4.84. The van der Waals surface area contributed by atoms with E-state index in [1.807, 2.05) is 0 Å². The fraction of sp³-hybridized carbons (Fsp3) is 0.364. The van der Waals surface area contributed by atoms with Crippen molar-refractivity contribution in [2.24, 2.45) is 15.9 Å². The Morgan fingerprint density at radius 1 is 1.47 bits per heavy atom. The molecule has 0 atom stereocenters. The van der Waals surface area contributed by atoms with Crippen LogP contribution in [0.4, 0.5) is 0 Å². The van der Waals surface area contributed by atoms with E-state index in [1.165, 1.54) is 28.6 Å². The Bertz CT molecular complexity index is 357. The largest absolute Gasteiger partial charge is 0.387 e. The van der Waals surface area contributed by atoms with Crippen LogP contribution in [0.25, 0.3) is 0 Å². The van der Waals surface area contributed by atoms with Crippen LogP contribution in [-0.4, -0.2) is 5.84 Å². The van der Waals surface area contributed by atoms with E-state index in [1.54, 1.807) is 6.92 Å². The number of nitrogens with two attached hydrogens (primary N) is 2. The van der Waals surface area contributed by atoms with Crippen molar-refractivity contribution >= 4 is 17.8 Å². The van der Waals surface area contributed by atoms with E-state index in [-0.39, 0.29) is 0 Å². The Morgan fingerprint density at radius 2 is 2.20 bits per heavy atom. The van der Waals surface area contributed by atoms with Crippen molar-refractivity contribution < 1.29 is 0 Å². The van der Waals surface area contributed by atoms with Crippen LogP contribution in [0.2, 0.25) is 0 Å². The Hall–Kier alpha value is -1.00. The minimum atomic E-state index is 0.587. The lowest BCUT2D eigenvalue weighted by Crippen LogP contribution is -2.03. The first-order valence-corrected chi connectivity index (χ1v) is 5.78. The number of hydrogen-bond acceptors (Lipinski definition) is 3. The molecule has 0 unspecified atom stereocenters. The molecule has 0 amide bonds. The van der Waals surface area contributed by atoms with Crippen LogP contribution in [0.1, 0.15) is 23.6 Å². The van der Waals surface area contributed by atoms with Crippen LogP contribution >= 0.6 is 11.9 Å². The van der Waals surface area contributed by atoms with E-state index in [0.29, 0.717) is 12.4 Å². The van der Waals surface area contributed by atoms with Crippen LogP contribution in [0.5, 0.6) is 0 Å². The molecule has 4 N–H and O–H groups in total. The highest BCUT2D eigenvalue weighted by atomic mass is 32.2. The molecule has 0 spiro atoms. The molecule has 82 valence electrons. The van der Waals surface area contributed by atoms with Crippen LogP contribution < -0.4 is 11.5 Å². The molecule has 0 saturated heterocycles. The number of nitrogens with zero attached hydrogens (tertiary/aromatic N) is 1. The molecule has 0 aliphatic rings. The van der Waals surface area contributed by atoms with E-state index in [9.17, 15) is 0 Å². The molecule has 0 radical (unpaired) electrons. The van der Waals surface area contributed by atoms with Gasteiger partial charge in [0.2, 0.25) is 0 Å². The second kappa shape index (κ2) is 5.78. The van der Waals surface area contributed by atoms with Gasteiger partial charge in [-0.15, -0.1) is 0 Å². The number of amidine groups is 1. The Kier molecular flexibility index (Phi) is 4.65.